The molecule has 0 bridgehead atoms. The van der Waals surface area contributed by atoms with Crippen molar-refractivity contribution in [3.63, 3.8) is 0 Å². The average Bonchev–Trinajstić information content (AvgIpc) is 2.90. The zero-order valence-corrected chi connectivity index (χ0v) is 14.1. The minimum absolute atomic E-state index is 0.243. The molecule has 2 N–H and O–H groups in total. The second-order valence-electron chi connectivity index (χ2n) is 5.74. The molecule has 0 radical (unpaired) electrons. The highest BCUT2D eigenvalue weighted by Gasteiger charge is 2.22. The lowest BCUT2D eigenvalue weighted by Gasteiger charge is -2.30. The van der Waals surface area contributed by atoms with Gasteiger partial charge in [-0.15, -0.1) is 0 Å². The summed E-state index contributed by atoms with van der Waals surface area (Å²) in [6, 6.07) is 4.21. The lowest BCUT2D eigenvalue weighted by Crippen LogP contribution is -2.41. The van der Waals surface area contributed by atoms with E-state index < -0.39 is 0 Å². The van der Waals surface area contributed by atoms with Crippen LogP contribution in [0.25, 0.3) is 10.4 Å². The Morgan fingerprint density at radius 1 is 1.32 bits per heavy atom. The molecule has 1 aliphatic heterocycles. The fourth-order valence-corrected chi connectivity index (χ4v) is 3.91. The van der Waals surface area contributed by atoms with Crippen molar-refractivity contribution in [2.45, 2.75) is 33.4 Å². The molecule has 5 nitrogen and oxygen atoms in total. The smallest absolute Gasteiger partial charge is 0.186 e. The number of rotatable bonds is 3. The van der Waals surface area contributed by atoms with Gasteiger partial charge in [0.25, 0.3) is 0 Å². The maximum atomic E-state index is 5.92. The molecule has 0 saturated carbocycles. The molecule has 1 fully saturated rings. The Hall–Kier alpha value is -1.50. The van der Waals surface area contributed by atoms with Gasteiger partial charge in [-0.05, 0) is 38.5 Å². The van der Waals surface area contributed by atoms with Gasteiger partial charge in [0.2, 0.25) is 0 Å². The quantitative estimate of drug-likeness (QED) is 0.942. The third-order valence-corrected chi connectivity index (χ3v) is 4.94. The van der Waals surface area contributed by atoms with E-state index in [0.29, 0.717) is 6.54 Å². The van der Waals surface area contributed by atoms with Gasteiger partial charge in [-0.3, -0.25) is 4.98 Å². The maximum Gasteiger partial charge on any atom is 0.186 e. The van der Waals surface area contributed by atoms with E-state index in [2.05, 4.69) is 28.9 Å². The number of thiazole rings is 1. The number of morpholine rings is 1. The maximum absolute atomic E-state index is 5.92. The van der Waals surface area contributed by atoms with E-state index in [9.17, 15) is 0 Å². The lowest BCUT2D eigenvalue weighted by molar-refractivity contribution is 0.0532. The summed E-state index contributed by atoms with van der Waals surface area (Å²) in [5.74, 6) is 0. The highest BCUT2D eigenvalue weighted by molar-refractivity contribution is 7.19. The molecule has 0 aliphatic carbocycles. The first-order valence-corrected chi connectivity index (χ1v) is 8.40. The van der Waals surface area contributed by atoms with Crippen molar-refractivity contribution in [3.05, 3.63) is 29.2 Å². The van der Waals surface area contributed by atoms with Crippen molar-refractivity contribution >= 4 is 16.5 Å². The van der Waals surface area contributed by atoms with Crippen LogP contribution in [0, 0.1) is 13.8 Å². The van der Waals surface area contributed by atoms with Gasteiger partial charge in [0.1, 0.15) is 0 Å². The highest BCUT2D eigenvalue weighted by Crippen LogP contribution is 2.35. The van der Waals surface area contributed by atoms with Crippen molar-refractivity contribution in [3.8, 4) is 10.4 Å². The number of aromatic nitrogens is 2. The standard InChI is InChI=1S/C16H22N4OS/c1-10-6-13(7-11(2)18-10)15-14(8-17)19-16(22-15)20-4-5-21-12(3)9-20/h6-7,12H,4-5,8-9,17H2,1-3H3. The van der Waals surface area contributed by atoms with Crippen molar-refractivity contribution in [1.29, 1.82) is 0 Å². The fourth-order valence-electron chi connectivity index (χ4n) is 2.80. The molecule has 118 valence electrons. The lowest BCUT2D eigenvalue weighted by atomic mass is 10.1. The van der Waals surface area contributed by atoms with E-state index in [1.807, 2.05) is 13.8 Å². The molecule has 3 rings (SSSR count). The van der Waals surface area contributed by atoms with E-state index in [1.54, 1.807) is 11.3 Å². The van der Waals surface area contributed by atoms with Crippen molar-refractivity contribution < 1.29 is 4.74 Å². The Balaban J connectivity index is 1.97. The first kappa shape index (κ1) is 15.4. The van der Waals surface area contributed by atoms with Crippen LogP contribution in [0.5, 0.6) is 0 Å². The summed E-state index contributed by atoms with van der Waals surface area (Å²) in [4.78, 5) is 12.7. The molecule has 1 unspecified atom stereocenters. The molecule has 6 heteroatoms. The van der Waals surface area contributed by atoms with Gasteiger partial charge in [0.05, 0.1) is 23.3 Å². The van der Waals surface area contributed by atoms with Crippen LogP contribution in [-0.2, 0) is 11.3 Å². The molecule has 1 saturated heterocycles. The van der Waals surface area contributed by atoms with Crippen molar-refractivity contribution in [2.24, 2.45) is 5.73 Å². The zero-order valence-electron chi connectivity index (χ0n) is 13.3. The average molecular weight is 318 g/mol. The van der Waals surface area contributed by atoms with E-state index in [0.717, 1.165) is 52.4 Å². The molecule has 2 aromatic heterocycles. The summed E-state index contributed by atoms with van der Waals surface area (Å²) in [6.45, 7) is 9.10. The number of aryl methyl sites for hydroxylation is 2. The molecule has 0 aromatic carbocycles. The summed E-state index contributed by atoms with van der Waals surface area (Å²) in [5, 5.41) is 1.04. The van der Waals surface area contributed by atoms with E-state index >= 15 is 0 Å². The van der Waals surface area contributed by atoms with E-state index in [-0.39, 0.29) is 6.10 Å². The second-order valence-corrected chi connectivity index (χ2v) is 6.72. The van der Waals surface area contributed by atoms with Crippen LogP contribution in [0.2, 0.25) is 0 Å². The van der Waals surface area contributed by atoms with Crippen LogP contribution in [0.1, 0.15) is 24.0 Å². The number of pyridine rings is 1. The van der Waals surface area contributed by atoms with Gasteiger partial charge in [-0.25, -0.2) is 4.98 Å². The predicted octanol–water partition coefficient (Wildman–Crippen LogP) is 2.51. The highest BCUT2D eigenvalue weighted by atomic mass is 32.1. The number of ether oxygens (including phenoxy) is 1. The topological polar surface area (TPSA) is 64.3 Å². The summed E-state index contributed by atoms with van der Waals surface area (Å²) in [7, 11) is 0. The number of hydrogen-bond donors (Lipinski definition) is 1. The first-order valence-electron chi connectivity index (χ1n) is 7.59. The van der Waals surface area contributed by atoms with Crippen LogP contribution in [0.4, 0.5) is 5.13 Å². The van der Waals surface area contributed by atoms with Crippen LogP contribution < -0.4 is 10.6 Å². The number of anilines is 1. The van der Waals surface area contributed by atoms with Crippen molar-refractivity contribution in [2.75, 3.05) is 24.6 Å². The first-order chi connectivity index (χ1) is 10.6. The summed E-state index contributed by atoms with van der Waals surface area (Å²) in [5.41, 5.74) is 10.1. The Bertz CT molecular complexity index is 650. The molecular weight excluding hydrogens is 296 g/mol. The molecule has 0 amide bonds. The van der Waals surface area contributed by atoms with Gasteiger partial charge in [0, 0.05) is 31.0 Å². The van der Waals surface area contributed by atoms with Gasteiger partial charge in [-0.1, -0.05) is 11.3 Å². The Morgan fingerprint density at radius 3 is 2.68 bits per heavy atom. The normalized spacial score (nSPS) is 18.7. The van der Waals surface area contributed by atoms with Crippen LogP contribution in [0.15, 0.2) is 12.1 Å². The molecule has 2 aromatic rings. The Labute approximate surface area is 135 Å². The van der Waals surface area contributed by atoms with Gasteiger partial charge in [0.15, 0.2) is 5.13 Å². The summed E-state index contributed by atoms with van der Waals surface area (Å²) < 4.78 is 5.61. The number of hydrogen-bond acceptors (Lipinski definition) is 6. The summed E-state index contributed by atoms with van der Waals surface area (Å²) in [6.07, 6.45) is 0.243. The Morgan fingerprint density at radius 2 is 2.05 bits per heavy atom. The van der Waals surface area contributed by atoms with Crippen LogP contribution in [-0.4, -0.2) is 35.8 Å². The summed E-state index contributed by atoms with van der Waals surface area (Å²) >= 11 is 1.71. The van der Waals surface area contributed by atoms with Crippen LogP contribution in [0.3, 0.4) is 0 Å². The minimum atomic E-state index is 0.243. The number of nitrogens with two attached hydrogens (primary N) is 1. The second kappa shape index (κ2) is 6.32. The number of nitrogens with zero attached hydrogens (tertiary/aromatic N) is 3. The largest absolute Gasteiger partial charge is 0.375 e. The van der Waals surface area contributed by atoms with E-state index in [4.69, 9.17) is 15.5 Å². The van der Waals surface area contributed by atoms with Crippen LogP contribution >= 0.6 is 11.3 Å². The minimum Gasteiger partial charge on any atom is -0.375 e. The Kier molecular flexibility index (Phi) is 4.42. The van der Waals surface area contributed by atoms with Gasteiger partial charge < -0.3 is 15.4 Å². The van der Waals surface area contributed by atoms with Crippen molar-refractivity contribution in [1.82, 2.24) is 9.97 Å². The third-order valence-electron chi connectivity index (χ3n) is 3.73. The van der Waals surface area contributed by atoms with Gasteiger partial charge in [-0.2, -0.15) is 0 Å². The van der Waals surface area contributed by atoms with Gasteiger partial charge >= 0.3 is 0 Å². The fraction of sp³-hybridized carbons (Fsp3) is 0.500. The molecule has 22 heavy (non-hydrogen) atoms. The monoisotopic (exact) mass is 318 g/mol. The predicted molar refractivity (Wildman–Crippen MR) is 90.3 cm³/mol. The zero-order chi connectivity index (χ0) is 15.7. The third kappa shape index (κ3) is 3.14. The van der Waals surface area contributed by atoms with E-state index in [1.165, 1.54) is 0 Å². The SMILES string of the molecule is Cc1cc(-c2sc(N3CCOC(C)C3)nc2CN)cc(C)n1. The molecule has 0 spiro atoms. The molecular formula is C16H22N4OS. The molecule has 1 aliphatic rings. The molecule has 3 heterocycles. The molecule has 1 atom stereocenters.